The van der Waals surface area contributed by atoms with Crippen molar-refractivity contribution in [3.05, 3.63) is 35.7 Å². The summed E-state index contributed by atoms with van der Waals surface area (Å²) < 4.78 is 5.19. The molecule has 2 aromatic rings. The Kier molecular flexibility index (Phi) is 7.09. The Balaban J connectivity index is 1.53. The molecule has 0 amide bonds. The second-order valence-corrected chi connectivity index (χ2v) is 8.40. The average Bonchev–Trinajstić information content (AvgIpc) is 3.29. The van der Waals surface area contributed by atoms with Gasteiger partial charge in [-0.05, 0) is 44.9 Å². The van der Waals surface area contributed by atoms with E-state index in [0.717, 1.165) is 38.9 Å². The molecular weight excluding hydrogens is 392 g/mol. The fourth-order valence-electron chi connectivity index (χ4n) is 4.28. The van der Waals surface area contributed by atoms with Crippen LogP contribution >= 0.6 is 0 Å². The lowest BCUT2D eigenvalue weighted by atomic mass is 10.0. The van der Waals surface area contributed by atoms with Gasteiger partial charge in [0, 0.05) is 44.1 Å². The minimum absolute atomic E-state index is 0.318. The monoisotopic (exact) mass is 424 g/mol. The first kappa shape index (κ1) is 21.6. The molecule has 8 heteroatoms. The van der Waals surface area contributed by atoms with Crippen LogP contribution in [0.5, 0.6) is 0 Å². The first-order chi connectivity index (χ1) is 15.1. The van der Waals surface area contributed by atoms with Crippen molar-refractivity contribution in [2.24, 2.45) is 0 Å². The molecule has 166 valence electrons. The molecule has 0 aromatic carbocycles. The topological polar surface area (TPSA) is 92.3 Å². The fourth-order valence-corrected chi connectivity index (χ4v) is 4.28. The maximum absolute atomic E-state index is 12.4. The summed E-state index contributed by atoms with van der Waals surface area (Å²) in [6.45, 7) is 5.21. The van der Waals surface area contributed by atoms with Crippen LogP contribution in [0.2, 0.25) is 0 Å². The van der Waals surface area contributed by atoms with Crippen molar-refractivity contribution < 1.29 is 9.53 Å². The van der Waals surface area contributed by atoms with E-state index in [-0.39, 0.29) is 0 Å². The predicted molar refractivity (Wildman–Crippen MR) is 120 cm³/mol. The van der Waals surface area contributed by atoms with E-state index in [2.05, 4.69) is 43.6 Å². The van der Waals surface area contributed by atoms with Gasteiger partial charge in [-0.15, -0.1) is 0 Å². The first-order valence-corrected chi connectivity index (χ1v) is 11.3. The molecule has 2 fully saturated rings. The minimum Gasteiger partial charge on any atom is -0.462 e. The van der Waals surface area contributed by atoms with Crippen LogP contribution in [-0.4, -0.2) is 71.2 Å². The number of carbonyl (C=O) groups excluding carboxylic acids is 1. The van der Waals surface area contributed by atoms with E-state index in [1.54, 1.807) is 13.1 Å². The molecule has 1 saturated heterocycles. The lowest BCUT2D eigenvalue weighted by Crippen LogP contribution is -2.50. The second-order valence-electron chi connectivity index (χ2n) is 8.40. The number of pyridine rings is 1. The lowest BCUT2D eigenvalue weighted by molar-refractivity contribution is 0.0526. The summed E-state index contributed by atoms with van der Waals surface area (Å²) in [6, 6.07) is 4.86. The molecule has 1 unspecified atom stereocenters. The third-order valence-corrected chi connectivity index (χ3v) is 6.15. The Bertz CT molecular complexity index is 882. The highest BCUT2D eigenvalue weighted by atomic mass is 16.5. The van der Waals surface area contributed by atoms with Gasteiger partial charge in [-0.25, -0.2) is 14.8 Å². The van der Waals surface area contributed by atoms with Gasteiger partial charge in [-0.1, -0.05) is 18.9 Å². The Morgan fingerprint density at radius 2 is 2.10 bits per heavy atom. The number of esters is 1. The standard InChI is InChI=1S/C23H32N6O2/c1-3-31-23(30)19-15-26-22(28-21(19)27-17-6-4-5-7-17)20-9-8-16(13-25-20)12-18-14-24-10-11-29(18)2/h8-9,13,15,17-18,24H,3-7,10-12,14H2,1-2H3,(H,26,27,28). The summed E-state index contributed by atoms with van der Waals surface area (Å²) >= 11 is 0. The highest BCUT2D eigenvalue weighted by molar-refractivity contribution is 5.94. The second kappa shape index (κ2) is 10.2. The molecule has 4 rings (SSSR count). The molecule has 2 aromatic heterocycles. The highest BCUT2D eigenvalue weighted by Gasteiger charge is 2.22. The molecule has 2 N–H and O–H groups in total. The van der Waals surface area contributed by atoms with Gasteiger partial charge in [-0.3, -0.25) is 4.98 Å². The van der Waals surface area contributed by atoms with Crippen LogP contribution in [0, 0.1) is 0 Å². The van der Waals surface area contributed by atoms with Crippen molar-refractivity contribution in [3.63, 3.8) is 0 Å². The number of hydrogen-bond acceptors (Lipinski definition) is 8. The van der Waals surface area contributed by atoms with E-state index in [1.165, 1.54) is 18.4 Å². The maximum atomic E-state index is 12.4. The normalized spacial score (nSPS) is 20.0. The van der Waals surface area contributed by atoms with Gasteiger partial charge in [0.05, 0.1) is 6.61 Å². The number of rotatable bonds is 7. The van der Waals surface area contributed by atoms with Crippen LogP contribution in [0.1, 0.15) is 48.5 Å². The molecular formula is C23H32N6O2. The Hall–Kier alpha value is -2.58. The molecule has 1 aliphatic heterocycles. The van der Waals surface area contributed by atoms with Gasteiger partial charge in [0.1, 0.15) is 17.1 Å². The van der Waals surface area contributed by atoms with Gasteiger partial charge in [0.15, 0.2) is 5.82 Å². The molecule has 3 heterocycles. The third-order valence-electron chi connectivity index (χ3n) is 6.15. The number of nitrogens with one attached hydrogen (secondary N) is 2. The SMILES string of the molecule is CCOC(=O)c1cnc(-c2ccc(CC3CNCCN3C)cn2)nc1NC1CCCC1. The number of nitrogens with zero attached hydrogens (tertiary/aromatic N) is 4. The summed E-state index contributed by atoms with van der Waals surface area (Å²) in [5.74, 6) is 0.649. The quantitative estimate of drug-likeness (QED) is 0.655. The van der Waals surface area contributed by atoms with Gasteiger partial charge in [-0.2, -0.15) is 0 Å². The zero-order valence-corrected chi connectivity index (χ0v) is 18.4. The van der Waals surface area contributed by atoms with Gasteiger partial charge >= 0.3 is 5.97 Å². The Morgan fingerprint density at radius 1 is 1.26 bits per heavy atom. The van der Waals surface area contributed by atoms with Crippen molar-refractivity contribution in [1.82, 2.24) is 25.2 Å². The molecule has 0 spiro atoms. The molecule has 1 aliphatic carbocycles. The first-order valence-electron chi connectivity index (χ1n) is 11.3. The third kappa shape index (κ3) is 5.37. The van der Waals surface area contributed by atoms with Crippen molar-refractivity contribution in [2.45, 2.75) is 51.1 Å². The summed E-state index contributed by atoms with van der Waals surface area (Å²) in [5.41, 5.74) is 2.27. The maximum Gasteiger partial charge on any atom is 0.343 e. The molecule has 31 heavy (non-hydrogen) atoms. The van der Waals surface area contributed by atoms with Crippen molar-refractivity contribution >= 4 is 11.8 Å². The summed E-state index contributed by atoms with van der Waals surface area (Å²) in [4.78, 5) is 28.5. The van der Waals surface area contributed by atoms with Crippen LogP contribution in [0.3, 0.4) is 0 Å². The van der Waals surface area contributed by atoms with Crippen molar-refractivity contribution in [2.75, 3.05) is 38.6 Å². The van der Waals surface area contributed by atoms with Crippen molar-refractivity contribution in [3.8, 4) is 11.5 Å². The van der Waals surface area contributed by atoms with Crippen LogP contribution in [0.25, 0.3) is 11.5 Å². The van der Waals surface area contributed by atoms with Gasteiger partial charge < -0.3 is 20.3 Å². The van der Waals surface area contributed by atoms with Crippen LogP contribution in [0.4, 0.5) is 5.82 Å². The predicted octanol–water partition coefficient (Wildman–Crippen LogP) is 2.52. The average molecular weight is 425 g/mol. The number of likely N-dealkylation sites (N-methyl/N-ethyl adjacent to an activating group) is 1. The largest absolute Gasteiger partial charge is 0.462 e. The number of hydrogen-bond donors (Lipinski definition) is 2. The zero-order chi connectivity index (χ0) is 21.6. The van der Waals surface area contributed by atoms with E-state index in [0.29, 0.717) is 41.6 Å². The summed E-state index contributed by atoms with van der Waals surface area (Å²) in [6.07, 6.45) is 8.96. The number of ether oxygens (including phenoxy) is 1. The van der Waals surface area contributed by atoms with Crippen LogP contribution in [-0.2, 0) is 11.2 Å². The van der Waals surface area contributed by atoms with E-state index in [9.17, 15) is 4.79 Å². The molecule has 1 atom stereocenters. The van der Waals surface area contributed by atoms with Crippen molar-refractivity contribution in [1.29, 1.82) is 0 Å². The minimum atomic E-state index is -0.400. The van der Waals surface area contributed by atoms with E-state index >= 15 is 0 Å². The summed E-state index contributed by atoms with van der Waals surface area (Å²) in [7, 11) is 2.17. The molecule has 8 nitrogen and oxygen atoms in total. The van der Waals surface area contributed by atoms with E-state index < -0.39 is 5.97 Å². The number of carbonyl (C=O) groups is 1. The molecule has 0 radical (unpaired) electrons. The number of anilines is 1. The molecule has 1 saturated carbocycles. The number of aromatic nitrogens is 3. The van der Waals surface area contributed by atoms with Gasteiger partial charge in [0.2, 0.25) is 0 Å². The number of piperazine rings is 1. The zero-order valence-electron chi connectivity index (χ0n) is 18.4. The van der Waals surface area contributed by atoms with Gasteiger partial charge in [0.25, 0.3) is 0 Å². The highest BCUT2D eigenvalue weighted by Crippen LogP contribution is 2.25. The lowest BCUT2D eigenvalue weighted by Gasteiger charge is -2.33. The van der Waals surface area contributed by atoms with Crippen LogP contribution in [0.15, 0.2) is 24.5 Å². The fraction of sp³-hybridized carbons (Fsp3) is 0.565. The Labute approximate surface area is 183 Å². The molecule has 2 aliphatic rings. The van der Waals surface area contributed by atoms with E-state index in [1.807, 2.05) is 12.3 Å². The van der Waals surface area contributed by atoms with E-state index in [4.69, 9.17) is 4.74 Å². The van der Waals surface area contributed by atoms with Crippen LogP contribution < -0.4 is 10.6 Å². The summed E-state index contributed by atoms with van der Waals surface area (Å²) in [5, 5.41) is 6.89. The molecule has 0 bridgehead atoms. The Morgan fingerprint density at radius 3 is 2.81 bits per heavy atom. The smallest absolute Gasteiger partial charge is 0.343 e.